The average molecular weight is 511 g/mol. The monoisotopic (exact) mass is 511 g/mol. The number of guanidine groups is 1. The fourth-order valence-electron chi connectivity index (χ4n) is 2.73. The Morgan fingerprint density at radius 3 is 2.07 bits per heavy atom. The summed E-state index contributed by atoms with van der Waals surface area (Å²) in [5, 5.41) is 6.24. The number of piperazine rings is 1. The van der Waals surface area contributed by atoms with Gasteiger partial charge in [0.15, 0.2) is 5.96 Å². The first-order chi connectivity index (χ1) is 12.5. The van der Waals surface area contributed by atoms with Crippen LogP contribution < -0.4 is 10.6 Å². The van der Waals surface area contributed by atoms with E-state index in [1.807, 2.05) is 32.6 Å². The van der Waals surface area contributed by atoms with Crippen LogP contribution in [0.1, 0.15) is 48.5 Å². The number of alkyl carbamates (subject to hydrolysis) is 1. The van der Waals surface area contributed by atoms with E-state index in [0.29, 0.717) is 19.6 Å². The summed E-state index contributed by atoms with van der Waals surface area (Å²) in [5.41, 5.74) is -0.528. The molecule has 1 atom stereocenters. The molecule has 0 saturated carbocycles. The number of nitrogens with one attached hydrogen (secondary N) is 2. The number of hydrogen-bond donors (Lipinski definition) is 2. The molecule has 0 aromatic heterocycles. The SMILES string of the molecule is CCNC(=NCC(NC(=O)OC(C)(C)C)C(C)C)N1CCN(C(C)=O)CC1.I. The van der Waals surface area contributed by atoms with Crippen molar-refractivity contribution in [2.75, 3.05) is 39.3 Å². The smallest absolute Gasteiger partial charge is 0.407 e. The van der Waals surface area contributed by atoms with Crippen molar-refractivity contribution < 1.29 is 14.3 Å². The molecule has 0 spiro atoms. The first kappa shape index (κ1) is 26.7. The van der Waals surface area contributed by atoms with Gasteiger partial charge in [-0.25, -0.2) is 4.79 Å². The third-order valence-electron chi connectivity index (χ3n) is 4.30. The molecule has 0 aromatic rings. The molecule has 0 bridgehead atoms. The minimum Gasteiger partial charge on any atom is -0.444 e. The summed E-state index contributed by atoms with van der Waals surface area (Å²) in [6.07, 6.45) is -0.420. The van der Waals surface area contributed by atoms with Crippen LogP contribution in [-0.4, -0.2) is 78.7 Å². The van der Waals surface area contributed by atoms with Crippen LogP contribution in [0.25, 0.3) is 0 Å². The van der Waals surface area contributed by atoms with Gasteiger partial charge >= 0.3 is 6.09 Å². The molecule has 0 aliphatic carbocycles. The van der Waals surface area contributed by atoms with Crippen LogP contribution >= 0.6 is 24.0 Å². The Hall–Kier alpha value is -1.26. The van der Waals surface area contributed by atoms with Crippen molar-refractivity contribution in [2.24, 2.45) is 10.9 Å². The summed E-state index contributed by atoms with van der Waals surface area (Å²) in [6.45, 7) is 17.4. The largest absolute Gasteiger partial charge is 0.444 e. The number of aliphatic imine (C=N–C) groups is 1. The van der Waals surface area contributed by atoms with Crippen LogP contribution in [0.5, 0.6) is 0 Å². The third-order valence-corrected chi connectivity index (χ3v) is 4.30. The summed E-state index contributed by atoms with van der Waals surface area (Å²) < 4.78 is 5.36. The van der Waals surface area contributed by atoms with Crippen molar-refractivity contribution in [1.82, 2.24) is 20.4 Å². The molecule has 1 heterocycles. The molecule has 1 saturated heterocycles. The lowest BCUT2D eigenvalue weighted by atomic mass is 10.1. The molecule has 1 rings (SSSR count). The predicted octanol–water partition coefficient (Wildman–Crippen LogP) is 2.28. The maximum atomic E-state index is 12.1. The highest BCUT2D eigenvalue weighted by Crippen LogP contribution is 2.09. The van der Waals surface area contributed by atoms with Gasteiger partial charge in [-0.3, -0.25) is 9.79 Å². The van der Waals surface area contributed by atoms with Crippen LogP contribution in [-0.2, 0) is 9.53 Å². The molecule has 2 amide bonds. The summed E-state index contributed by atoms with van der Waals surface area (Å²) in [4.78, 5) is 32.3. The van der Waals surface area contributed by atoms with Crippen molar-refractivity contribution in [1.29, 1.82) is 0 Å². The second kappa shape index (κ2) is 12.3. The quantitative estimate of drug-likeness (QED) is 0.336. The van der Waals surface area contributed by atoms with E-state index in [0.717, 1.165) is 25.6 Å². The first-order valence-corrected chi connectivity index (χ1v) is 9.81. The molecule has 164 valence electrons. The minimum absolute atomic E-state index is 0. The minimum atomic E-state index is -0.528. The van der Waals surface area contributed by atoms with E-state index in [1.165, 1.54) is 0 Å². The molecule has 0 radical (unpaired) electrons. The van der Waals surface area contributed by atoms with Crippen LogP contribution in [0.4, 0.5) is 4.79 Å². The Labute approximate surface area is 186 Å². The number of halogens is 1. The van der Waals surface area contributed by atoms with E-state index in [4.69, 9.17) is 9.73 Å². The van der Waals surface area contributed by atoms with Gasteiger partial charge in [0, 0.05) is 39.6 Å². The van der Waals surface area contributed by atoms with Gasteiger partial charge in [-0.1, -0.05) is 13.8 Å². The zero-order valence-corrected chi connectivity index (χ0v) is 20.7. The van der Waals surface area contributed by atoms with Gasteiger partial charge in [-0.15, -0.1) is 24.0 Å². The molecule has 9 heteroatoms. The number of rotatable bonds is 5. The molecule has 1 fully saturated rings. The van der Waals surface area contributed by atoms with Gasteiger partial charge in [0.1, 0.15) is 5.60 Å². The van der Waals surface area contributed by atoms with Gasteiger partial charge in [0.25, 0.3) is 0 Å². The Kier molecular flexibility index (Phi) is 11.8. The summed E-state index contributed by atoms with van der Waals surface area (Å²) in [5.74, 6) is 1.15. The number of nitrogens with zero attached hydrogens (tertiary/aromatic N) is 3. The topological polar surface area (TPSA) is 86.3 Å². The Balaban J connectivity index is 0.00000729. The van der Waals surface area contributed by atoms with E-state index >= 15 is 0 Å². The van der Waals surface area contributed by atoms with E-state index < -0.39 is 11.7 Å². The average Bonchev–Trinajstić information content (AvgIpc) is 2.55. The molecule has 1 aliphatic heterocycles. The second-order valence-corrected chi connectivity index (χ2v) is 8.18. The van der Waals surface area contributed by atoms with Crippen molar-refractivity contribution in [3.8, 4) is 0 Å². The molecule has 1 unspecified atom stereocenters. The van der Waals surface area contributed by atoms with Crippen molar-refractivity contribution in [2.45, 2.75) is 60.1 Å². The number of amides is 2. The standard InChI is InChI=1S/C19H37N5O3.HI/c1-8-20-17(24-11-9-23(10-12-24)15(4)25)21-13-16(14(2)3)22-18(26)27-19(5,6)7;/h14,16H,8-13H2,1-7H3,(H,20,21)(H,22,26);1H. The molecule has 1 aliphatic rings. The van der Waals surface area contributed by atoms with E-state index in [-0.39, 0.29) is 41.8 Å². The molecule has 8 nitrogen and oxygen atoms in total. The van der Waals surface area contributed by atoms with Gasteiger partial charge < -0.3 is 25.2 Å². The van der Waals surface area contributed by atoms with Crippen LogP contribution in [0.2, 0.25) is 0 Å². The van der Waals surface area contributed by atoms with Gasteiger partial charge in [-0.05, 0) is 33.6 Å². The van der Waals surface area contributed by atoms with Gasteiger partial charge in [0.05, 0.1) is 12.6 Å². The maximum Gasteiger partial charge on any atom is 0.407 e. The molecule has 0 aromatic carbocycles. The molecular weight excluding hydrogens is 473 g/mol. The highest BCUT2D eigenvalue weighted by molar-refractivity contribution is 14.0. The highest BCUT2D eigenvalue weighted by Gasteiger charge is 2.23. The van der Waals surface area contributed by atoms with Crippen molar-refractivity contribution in [3.05, 3.63) is 0 Å². The Morgan fingerprint density at radius 2 is 1.64 bits per heavy atom. The zero-order chi connectivity index (χ0) is 20.6. The fourth-order valence-corrected chi connectivity index (χ4v) is 2.73. The zero-order valence-electron chi connectivity index (χ0n) is 18.4. The predicted molar refractivity (Wildman–Crippen MR) is 123 cm³/mol. The van der Waals surface area contributed by atoms with Crippen LogP contribution in [0.15, 0.2) is 4.99 Å². The number of ether oxygens (including phenoxy) is 1. The second-order valence-electron chi connectivity index (χ2n) is 8.18. The van der Waals surface area contributed by atoms with E-state index in [1.54, 1.807) is 6.92 Å². The van der Waals surface area contributed by atoms with Crippen molar-refractivity contribution in [3.63, 3.8) is 0 Å². The van der Waals surface area contributed by atoms with Crippen LogP contribution in [0, 0.1) is 5.92 Å². The molecule has 28 heavy (non-hydrogen) atoms. The van der Waals surface area contributed by atoms with E-state index in [9.17, 15) is 9.59 Å². The lowest BCUT2D eigenvalue weighted by Gasteiger charge is -2.36. The Morgan fingerprint density at radius 1 is 1.11 bits per heavy atom. The lowest BCUT2D eigenvalue weighted by Crippen LogP contribution is -2.53. The summed E-state index contributed by atoms with van der Waals surface area (Å²) >= 11 is 0. The Bertz CT molecular complexity index is 526. The van der Waals surface area contributed by atoms with E-state index in [2.05, 4.69) is 29.4 Å². The van der Waals surface area contributed by atoms with Gasteiger partial charge in [-0.2, -0.15) is 0 Å². The third kappa shape index (κ3) is 9.79. The molecular formula is C19H38IN5O3. The van der Waals surface area contributed by atoms with Gasteiger partial charge in [0.2, 0.25) is 5.91 Å². The number of carbonyl (C=O) groups excluding carboxylic acids is 2. The molecule has 2 N–H and O–H groups in total. The maximum absolute atomic E-state index is 12.1. The van der Waals surface area contributed by atoms with Crippen molar-refractivity contribution >= 4 is 41.9 Å². The summed E-state index contributed by atoms with van der Waals surface area (Å²) in [7, 11) is 0. The number of carbonyl (C=O) groups is 2. The fraction of sp³-hybridized carbons (Fsp3) is 0.842. The van der Waals surface area contributed by atoms with Crippen LogP contribution in [0.3, 0.4) is 0 Å². The lowest BCUT2D eigenvalue weighted by molar-refractivity contribution is -0.130. The highest BCUT2D eigenvalue weighted by atomic mass is 127. The number of hydrogen-bond acceptors (Lipinski definition) is 4. The first-order valence-electron chi connectivity index (χ1n) is 9.81. The normalized spacial score (nSPS) is 16.4. The summed E-state index contributed by atoms with van der Waals surface area (Å²) in [6, 6.07) is -0.119.